The highest BCUT2D eigenvalue weighted by Crippen LogP contribution is 2.34. The molecule has 0 fully saturated rings. The number of aromatic hydroxyl groups is 1. The molecule has 0 aromatic heterocycles. The molecule has 0 aliphatic heterocycles. The van der Waals surface area contributed by atoms with E-state index in [9.17, 15) is 21.9 Å². The lowest BCUT2D eigenvalue weighted by Crippen LogP contribution is -2.04. The lowest BCUT2D eigenvalue weighted by Gasteiger charge is -2.09. The molecule has 2 aromatic rings. The van der Waals surface area contributed by atoms with Crippen molar-refractivity contribution in [2.45, 2.75) is 9.79 Å². The molecule has 7 nitrogen and oxygen atoms in total. The van der Waals surface area contributed by atoms with Gasteiger partial charge in [0.25, 0.3) is 20.2 Å². The van der Waals surface area contributed by atoms with Gasteiger partial charge in [0, 0.05) is 10.8 Å². The smallest absolute Gasteiger partial charge is 0.295 e. The van der Waals surface area contributed by atoms with Gasteiger partial charge in [-0.05, 0) is 18.2 Å². The first kappa shape index (κ1) is 13.7. The van der Waals surface area contributed by atoms with Gasteiger partial charge in [0.2, 0.25) is 0 Å². The van der Waals surface area contributed by atoms with E-state index < -0.39 is 35.4 Å². The second-order valence-corrected chi connectivity index (χ2v) is 6.49. The van der Waals surface area contributed by atoms with Crippen LogP contribution >= 0.6 is 0 Å². The Bertz CT molecular complexity index is 828. The second-order valence-electron chi connectivity index (χ2n) is 3.71. The van der Waals surface area contributed by atoms with Gasteiger partial charge in [0.05, 0.1) is 0 Å². The zero-order valence-electron chi connectivity index (χ0n) is 9.18. The molecule has 0 saturated carbocycles. The van der Waals surface area contributed by atoms with Gasteiger partial charge in [0.1, 0.15) is 15.5 Å². The number of hydrogen-bond acceptors (Lipinski definition) is 5. The van der Waals surface area contributed by atoms with Crippen LogP contribution in [0, 0.1) is 0 Å². The minimum Gasteiger partial charge on any atom is -0.507 e. The topological polar surface area (TPSA) is 129 Å². The van der Waals surface area contributed by atoms with Crippen LogP contribution in [0.1, 0.15) is 0 Å². The summed E-state index contributed by atoms with van der Waals surface area (Å²) in [6.07, 6.45) is 0. The first-order chi connectivity index (χ1) is 8.62. The van der Waals surface area contributed by atoms with Crippen molar-refractivity contribution in [3.8, 4) is 5.75 Å². The van der Waals surface area contributed by atoms with Gasteiger partial charge in [-0.2, -0.15) is 16.8 Å². The van der Waals surface area contributed by atoms with Gasteiger partial charge in [-0.3, -0.25) is 9.11 Å². The summed E-state index contributed by atoms with van der Waals surface area (Å²) in [5.74, 6) is -0.382. The van der Waals surface area contributed by atoms with E-state index in [1.54, 1.807) is 0 Å². The van der Waals surface area contributed by atoms with Crippen LogP contribution in [-0.2, 0) is 20.2 Å². The fourth-order valence-corrected chi connectivity index (χ4v) is 3.27. The Hall–Kier alpha value is -1.68. The van der Waals surface area contributed by atoms with E-state index in [0.717, 1.165) is 18.2 Å². The van der Waals surface area contributed by atoms with Crippen LogP contribution in [-0.4, -0.2) is 31.0 Å². The largest absolute Gasteiger partial charge is 0.507 e. The Morgan fingerprint density at radius 1 is 0.789 bits per heavy atom. The fourth-order valence-electron chi connectivity index (χ4n) is 1.76. The predicted octanol–water partition coefficient (Wildman–Crippen LogP) is 1.04. The molecule has 0 spiro atoms. The van der Waals surface area contributed by atoms with Crippen molar-refractivity contribution in [2.24, 2.45) is 0 Å². The van der Waals surface area contributed by atoms with E-state index in [1.807, 2.05) is 0 Å². The molecule has 2 rings (SSSR count). The lowest BCUT2D eigenvalue weighted by molar-refractivity contribution is 0.478. The van der Waals surface area contributed by atoms with Gasteiger partial charge < -0.3 is 5.11 Å². The third-order valence-electron chi connectivity index (χ3n) is 2.50. The number of phenols is 1. The van der Waals surface area contributed by atoms with E-state index in [2.05, 4.69) is 0 Å². The predicted molar refractivity (Wildman–Crippen MR) is 65.2 cm³/mol. The highest BCUT2D eigenvalue weighted by molar-refractivity contribution is 7.87. The van der Waals surface area contributed by atoms with Crippen molar-refractivity contribution >= 4 is 31.0 Å². The Balaban J connectivity index is 3.15. The molecule has 0 aliphatic carbocycles. The molecule has 0 amide bonds. The molecular formula is C10H8O7S2. The maximum atomic E-state index is 11.2. The van der Waals surface area contributed by atoms with Crippen LogP contribution in [0.4, 0.5) is 0 Å². The van der Waals surface area contributed by atoms with E-state index in [-0.39, 0.29) is 11.1 Å². The van der Waals surface area contributed by atoms with Gasteiger partial charge >= 0.3 is 0 Å². The second kappa shape index (κ2) is 4.17. The average Bonchev–Trinajstić information content (AvgIpc) is 2.26. The van der Waals surface area contributed by atoms with Crippen LogP contribution in [0.5, 0.6) is 5.75 Å². The maximum Gasteiger partial charge on any atom is 0.295 e. The lowest BCUT2D eigenvalue weighted by atomic mass is 10.1. The SMILES string of the molecule is O=S(=O)(O)c1cccc2c(O)ccc(S(=O)(=O)O)c12. The van der Waals surface area contributed by atoms with Gasteiger partial charge in [-0.1, -0.05) is 12.1 Å². The van der Waals surface area contributed by atoms with Gasteiger partial charge in [-0.25, -0.2) is 0 Å². The van der Waals surface area contributed by atoms with Gasteiger partial charge in [0.15, 0.2) is 0 Å². The summed E-state index contributed by atoms with van der Waals surface area (Å²) >= 11 is 0. The van der Waals surface area contributed by atoms with Crippen LogP contribution in [0.2, 0.25) is 0 Å². The van der Waals surface area contributed by atoms with Crippen LogP contribution in [0.15, 0.2) is 40.1 Å². The number of benzene rings is 2. The zero-order chi connectivity index (χ0) is 14.4. The monoisotopic (exact) mass is 304 g/mol. The molecule has 0 aliphatic rings. The normalized spacial score (nSPS) is 12.7. The Kier molecular flexibility index (Phi) is 3.01. The molecule has 102 valence electrons. The molecule has 0 saturated heterocycles. The first-order valence-electron chi connectivity index (χ1n) is 4.82. The third-order valence-corrected chi connectivity index (χ3v) is 4.29. The zero-order valence-corrected chi connectivity index (χ0v) is 10.8. The minimum atomic E-state index is -4.72. The summed E-state index contributed by atoms with van der Waals surface area (Å²) in [7, 11) is -9.43. The van der Waals surface area contributed by atoms with E-state index in [4.69, 9.17) is 9.11 Å². The van der Waals surface area contributed by atoms with E-state index in [1.165, 1.54) is 12.1 Å². The highest BCUT2D eigenvalue weighted by atomic mass is 32.2. The Morgan fingerprint density at radius 3 is 1.84 bits per heavy atom. The van der Waals surface area contributed by atoms with Crippen LogP contribution in [0.3, 0.4) is 0 Å². The van der Waals surface area contributed by atoms with Gasteiger partial charge in [-0.15, -0.1) is 0 Å². The molecule has 19 heavy (non-hydrogen) atoms. The number of hydrogen-bond donors (Lipinski definition) is 3. The minimum absolute atomic E-state index is 0.120. The van der Waals surface area contributed by atoms with Crippen molar-refractivity contribution in [1.29, 1.82) is 0 Å². The standard InChI is InChI=1S/C10H8O7S2/c11-7-4-5-9(19(15,16)17)10-6(7)2-1-3-8(10)18(12,13)14/h1-5,11H,(H,12,13,14)(H,15,16,17). The fraction of sp³-hybridized carbons (Fsp3) is 0. The average molecular weight is 304 g/mol. The Morgan fingerprint density at radius 2 is 1.32 bits per heavy atom. The third kappa shape index (κ3) is 2.40. The quantitative estimate of drug-likeness (QED) is 0.707. The molecule has 0 unspecified atom stereocenters. The number of rotatable bonds is 2. The Labute approximate surface area is 108 Å². The molecule has 3 N–H and O–H groups in total. The number of phenolic OH excluding ortho intramolecular Hbond substituents is 1. The summed E-state index contributed by atoms with van der Waals surface area (Å²) in [6.45, 7) is 0. The van der Waals surface area contributed by atoms with Crippen molar-refractivity contribution in [1.82, 2.24) is 0 Å². The molecular weight excluding hydrogens is 296 g/mol. The van der Waals surface area contributed by atoms with Crippen LogP contribution < -0.4 is 0 Å². The summed E-state index contributed by atoms with van der Waals surface area (Å²) in [4.78, 5) is -1.43. The van der Waals surface area contributed by atoms with Crippen molar-refractivity contribution in [3.05, 3.63) is 30.3 Å². The molecule has 0 radical (unpaired) electrons. The summed E-state index contributed by atoms with van der Waals surface area (Å²) in [6, 6.07) is 5.29. The summed E-state index contributed by atoms with van der Waals surface area (Å²) in [5, 5.41) is 9.01. The summed E-state index contributed by atoms with van der Waals surface area (Å²) < 4.78 is 63.1. The number of fused-ring (bicyclic) bond motifs is 1. The van der Waals surface area contributed by atoms with Crippen molar-refractivity contribution in [2.75, 3.05) is 0 Å². The maximum absolute atomic E-state index is 11.2. The van der Waals surface area contributed by atoms with Crippen LogP contribution in [0.25, 0.3) is 10.8 Å². The molecule has 2 aromatic carbocycles. The molecule has 9 heteroatoms. The molecule has 0 atom stereocenters. The van der Waals surface area contributed by atoms with Crippen molar-refractivity contribution in [3.63, 3.8) is 0 Å². The molecule has 0 heterocycles. The first-order valence-corrected chi connectivity index (χ1v) is 7.70. The summed E-state index contributed by atoms with van der Waals surface area (Å²) in [5.41, 5.74) is 0. The molecule has 0 bridgehead atoms. The highest BCUT2D eigenvalue weighted by Gasteiger charge is 2.23. The van der Waals surface area contributed by atoms with E-state index >= 15 is 0 Å². The van der Waals surface area contributed by atoms with E-state index in [0.29, 0.717) is 0 Å². The van der Waals surface area contributed by atoms with Crippen molar-refractivity contribution < 1.29 is 31.0 Å².